The van der Waals surface area contributed by atoms with E-state index >= 15 is 0 Å². The monoisotopic (exact) mass is 497 g/mol. The second kappa shape index (κ2) is 8.16. The lowest BCUT2D eigenvalue weighted by Gasteiger charge is -2.14. The number of hydrogen-bond donors (Lipinski definition) is 1. The zero-order valence-corrected chi connectivity index (χ0v) is 19.9. The quantitative estimate of drug-likeness (QED) is 0.410. The average molecular weight is 498 g/mol. The molecule has 0 aliphatic carbocycles. The maximum atomic E-state index is 13.9. The van der Waals surface area contributed by atoms with Gasteiger partial charge in [0.15, 0.2) is 0 Å². The van der Waals surface area contributed by atoms with Crippen LogP contribution in [0.5, 0.6) is 5.75 Å². The van der Waals surface area contributed by atoms with E-state index in [4.69, 9.17) is 21.1 Å². The molecule has 1 aliphatic rings. The average Bonchev–Trinajstić information content (AvgIpc) is 3.39. The topological polar surface area (TPSA) is 94.8 Å². The summed E-state index contributed by atoms with van der Waals surface area (Å²) in [7, 11) is -2.80. The van der Waals surface area contributed by atoms with E-state index in [0.717, 1.165) is 5.56 Å². The second-order valence-electron chi connectivity index (χ2n) is 8.08. The number of rotatable bonds is 4. The Kier molecular flexibility index (Phi) is 5.39. The van der Waals surface area contributed by atoms with Crippen LogP contribution in [0.3, 0.4) is 0 Å². The zero-order chi connectivity index (χ0) is 24.2. The van der Waals surface area contributed by atoms with Gasteiger partial charge in [-0.3, -0.25) is 0 Å². The van der Waals surface area contributed by atoms with Gasteiger partial charge in [-0.15, -0.1) is 0 Å². The van der Waals surface area contributed by atoms with Gasteiger partial charge in [-0.2, -0.15) is 0 Å². The first kappa shape index (κ1) is 22.5. The van der Waals surface area contributed by atoms with E-state index in [2.05, 4.69) is 0 Å². The van der Waals surface area contributed by atoms with Gasteiger partial charge in [-0.1, -0.05) is 35.4 Å². The Labute approximate surface area is 201 Å². The molecule has 5 rings (SSSR count). The lowest BCUT2D eigenvalue weighted by molar-refractivity contribution is 0.0600. The molecule has 34 heavy (non-hydrogen) atoms. The van der Waals surface area contributed by atoms with Gasteiger partial charge in [0.25, 0.3) is 10.0 Å². The largest absolute Gasteiger partial charge is 0.489 e. The van der Waals surface area contributed by atoms with Crippen LogP contribution in [0.25, 0.3) is 22.2 Å². The number of halogens is 1. The molecule has 7 nitrogen and oxygen atoms in total. The molecular weight excluding hydrogens is 478 g/mol. The highest BCUT2D eigenvalue weighted by atomic mass is 35.5. The number of fused-ring (bicyclic) bond motifs is 3. The van der Waals surface area contributed by atoms with E-state index in [-0.39, 0.29) is 22.1 Å². The highest BCUT2D eigenvalue weighted by molar-refractivity contribution is 7.90. The highest BCUT2D eigenvalue weighted by Crippen LogP contribution is 2.43. The molecule has 174 valence electrons. The van der Waals surface area contributed by atoms with E-state index in [1.54, 1.807) is 48.5 Å². The molecule has 0 amide bonds. The zero-order valence-electron chi connectivity index (χ0n) is 18.3. The van der Waals surface area contributed by atoms with E-state index in [1.807, 2.05) is 6.92 Å². The van der Waals surface area contributed by atoms with Crippen LogP contribution < -0.4 is 4.74 Å². The van der Waals surface area contributed by atoms with Gasteiger partial charge in [0.2, 0.25) is 0 Å². The number of carbonyl (C=O) groups excluding carboxylic acids is 1. The summed E-state index contributed by atoms with van der Waals surface area (Å²) in [6.45, 7) is 1.96. The molecule has 0 saturated heterocycles. The van der Waals surface area contributed by atoms with Crippen molar-refractivity contribution in [1.82, 2.24) is 3.97 Å². The molecule has 1 unspecified atom stereocenters. The van der Waals surface area contributed by atoms with Gasteiger partial charge in [-0.05, 0) is 49.4 Å². The maximum absolute atomic E-state index is 13.9. The molecule has 3 aromatic carbocycles. The molecule has 4 aromatic rings. The van der Waals surface area contributed by atoms with Gasteiger partial charge >= 0.3 is 5.97 Å². The SMILES string of the molecule is COC(=O)c1cc(Cl)cc(-c2cc3c4c(ccc3n2S(=O)(=O)c2ccc(C)cc2)C(O)CO4)c1. The van der Waals surface area contributed by atoms with Crippen LogP contribution in [0.2, 0.25) is 5.02 Å². The molecule has 0 saturated carbocycles. The Morgan fingerprint density at radius 1 is 1.12 bits per heavy atom. The number of aliphatic hydroxyl groups is 1. The van der Waals surface area contributed by atoms with Crippen LogP contribution in [-0.4, -0.2) is 37.2 Å². The van der Waals surface area contributed by atoms with Crippen LogP contribution in [0, 0.1) is 6.92 Å². The molecule has 0 bridgehead atoms. The van der Waals surface area contributed by atoms with Crippen molar-refractivity contribution in [3.05, 3.63) is 82.4 Å². The molecule has 9 heteroatoms. The number of benzene rings is 3. The fraction of sp³-hybridized carbons (Fsp3) is 0.160. The van der Waals surface area contributed by atoms with Crippen molar-refractivity contribution < 1.29 is 27.8 Å². The number of carbonyl (C=O) groups is 1. The van der Waals surface area contributed by atoms with Crippen LogP contribution in [0.15, 0.2) is 65.6 Å². The predicted molar refractivity (Wildman–Crippen MR) is 128 cm³/mol. The van der Waals surface area contributed by atoms with Gasteiger partial charge in [-0.25, -0.2) is 17.2 Å². The van der Waals surface area contributed by atoms with Crippen LogP contribution in [-0.2, 0) is 14.8 Å². The smallest absolute Gasteiger partial charge is 0.337 e. The summed E-state index contributed by atoms with van der Waals surface area (Å²) in [6.07, 6.45) is -0.794. The Hall–Kier alpha value is -3.33. The number of aliphatic hydroxyl groups excluding tert-OH is 1. The molecule has 1 N–H and O–H groups in total. The summed E-state index contributed by atoms with van der Waals surface area (Å²) in [5.41, 5.74) is 2.78. The third-order valence-electron chi connectivity index (χ3n) is 5.84. The molecule has 1 atom stereocenters. The number of ether oxygens (including phenoxy) is 2. The van der Waals surface area contributed by atoms with Crippen LogP contribution in [0.4, 0.5) is 0 Å². The minimum absolute atomic E-state index is 0.0866. The van der Waals surface area contributed by atoms with Gasteiger partial charge in [0.1, 0.15) is 18.5 Å². The lowest BCUT2D eigenvalue weighted by atomic mass is 10.1. The minimum atomic E-state index is -4.06. The second-order valence-corrected chi connectivity index (χ2v) is 10.3. The van der Waals surface area contributed by atoms with Gasteiger partial charge in [0.05, 0.1) is 28.8 Å². The van der Waals surface area contributed by atoms with Crippen molar-refractivity contribution in [2.45, 2.75) is 17.9 Å². The minimum Gasteiger partial charge on any atom is -0.489 e. The Bertz CT molecular complexity index is 1560. The number of nitrogens with zero attached hydrogens (tertiary/aromatic N) is 1. The third kappa shape index (κ3) is 3.55. The maximum Gasteiger partial charge on any atom is 0.337 e. The summed E-state index contributed by atoms with van der Waals surface area (Å²) in [5, 5.41) is 11.0. The van der Waals surface area contributed by atoms with Crippen molar-refractivity contribution >= 4 is 38.5 Å². The molecule has 0 fully saturated rings. The van der Waals surface area contributed by atoms with E-state index in [0.29, 0.717) is 33.5 Å². The first-order valence-electron chi connectivity index (χ1n) is 10.4. The normalized spacial score (nSPS) is 15.2. The summed E-state index contributed by atoms with van der Waals surface area (Å²) in [6, 6.07) is 16.1. The first-order valence-corrected chi connectivity index (χ1v) is 12.2. The lowest BCUT2D eigenvalue weighted by Crippen LogP contribution is -2.14. The number of aromatic nitrogens is 1. The summed E-state index contributed by atoms with van der Waals surface area (Å²) in [4.78, 5) is 12.3. The van der Waals surface area contributed by atoms with Crippen molar-refractivity contribution in [2.75, 3.05) is 13.7 Å². The van der Waals surface area contributed by atoms with Crippen molar-refractivity contribution in [3.8, 4) is 17.0 Å². The molecule has 0 radical (unpaired) electrons. The standard InChI is InChI=1S/C25H20ClNO6S/c1-14-3-5-18(6-4-14)34(30,31)27-21-8-7-19-23(28)13-33-24(19)20(21)12-22(27)15-9-16(25(29)32-2)11-17(26)10-15/h3-12,23,28H,13H2,1-2H3. The Morgan fingerprint density at radius 2 is 1.85 bits per heavy atom. The number of esters is 1. The first-order chi connectivity index (χ1) is 16.2. The van der Waals surface area contributed by atoms with Crippen LogP contribution >= 0.6 is 11.6 Å². The predicted octanol–water partition coefficient (Wildman–Crippen LogP) is 4.72. The van der Waals surface area contributed by atoms with Gasteiger partial charge in [0, 0.05) is 21.5 Å². The highest BCUT2D eigenvalue weighted by Gasteiger charge is 2.30. The van der Waals surface area contributed by atoms with Crippen molar-refractivity contribution in [2.24, 2.45) is 0 Å². The Balaban J connectivity index is 1.84. The van der Waals surface area contributed by atoms with Gasteiger partial charge < -0.3 is 14.6 Å². The summed E-state index contributed by atoms with van der Waals surface area (Å²) in [5.74, 6) is -0.167. The molecule has 1 aromatic heterocycles. The molecule has 2 heterocycles. The molecule has 0 spiro atoms. The van der Waals surface area contributed by atoms with Crippen molar-refractivity contribution in [3.63, 3.8) is 0 Å². The number of aryl methyl sites for hydroxylation is 1. The molecule has 1 aliphatic heterocycles. The summed E-state index contributed by atoms with van der Waals surface area (Å²) < 4.78 is 39.5. The third-order valence-corrected chi connectivity index (χ3v) is 7.80. The van der Waals surface area contributed by atoms with E-state index < -0.39 is 22.1 Å². The fourth-order valence-electron chi connectivity index (χ4n) is 4.17. The number of hydrogen-bond acceptors (Lipinski definition) is 6. The molecular formula is C25H20ClNO6S. The number of methoxy groups -OCH3 is 1. The van der Waals surface area contributed by atoms with E-state index in [1.165, 1.54) is 23.2 Å². The van der Waals surface area contributed by atoms with E-state index in [9.17, 15) is 18.3 Å². The summed E-state index contributed by atoms with van der Waals surface area (Å²) >= 11 is 6.29. The van der Waals surface area contributed by atoms with Crippen molar-refractivity contribution in [1.29, 1.82) is 0 Å². The van der Waals surface area contributed by atoms with Crippen LogP contribution in [0.1, 0.15) is 27.6 Å². The Morgan fingerprint density at radius 3 is 2.56 bits per heavy atom. The fourth-order valence-corrected chi connectivity index (χ4v) is 5.93.